The minimum Gasteiger partial charge on any atom is -0.481 e. The molecule has 0 unspecified atom stereocenters. The third kappa shape index (κ3) is 3.92. The molecule has 0 spiro atoms. The van der Waals surface area contributed by atoms with Crippen LogP contribution in [0.2, 0.25) is 0 Å². The molecule has 0 saturated carbocycles. The first-order chi connectivity index (χ1) is 9.72. The summed E-state index contributed by atoms with van der Waals surface area (Å²) in [7, 11) is 1.48. The smallest absolute Gasteiger partial charge is 0.218 e. The number of aromatic nitrogens is 2. The number of ether oxygens (including phenoxy) is 1. The van der Waals surface area contributed by atoms with Gasteiger partial charge in [-0.2, -0.15) is 5.26 Å². The summed E-state index contributed by atoms with van der Waals surface area (Å²) >= 11 is 0. The molecule has 1 heterocycles. The van der Waals surface area contributed by atoms with Crippen molar-refractivity contribution in [1.82, 2.24) is 9.97 Å². The molecule has 5 nitrogen and oxygen atoms in total. The average molecular weight is 274 g/mol. The van der Waals surface area contributed by atoms with E-state index in [9.17, 15) is 4.39 Å². The lowest BCUT2D eigenvalue weighted by Gasteiger charge is -2.07. The monoisotopic (exact) mass is 274 g/mol. The molecule has 0 aliphatic carbocycles. The van der Waals surface area contributed by atoms with Crippen molar-refractivity contribution >= 4 is 11.5 Å². The van der Waals surface area contributed by atoms with Gasteiger partial charge in [-0.15, -0.1) is 0 Å². The number of hydrogen-bond acceptors (Lipinski definition) is 5. The maximum atomic E-state index is 13.6. The fraction of sp³-hybridized carbons (Fsp3) is 0.214. The molecular formula is C14H15FN4O. The number of nitriles is 1. The summed E-state index contributed by atoms with van der Waals surface area (Å²) in [6, 6.07) is 7.55. The maximum Gasteiger partial charge on any atom is 0.218 e. The van der Waals surface area contributed by atoms with E-state index in [4.69, 9.17) is 10.00 Å². The van der Waals surface area contributed by atoms with E-state index in [-0.39, 0.29) is 11.3 Å². The molecule has 1 N–H and O–H groups in total. The van der Waals surface area contributed by atoms with Gasteiger partial charge < -0.3 is 10.1 Å². The van der Waals surface area contributed by atoms with Crippen LogP contribution in [-0.2, 0) is 0 Å². The van der Waals surface area contributed by atoms with Crippen molar-refractivity contribution < 1.29 is 9.13 Å². The molecule has 0 saturated heterocycles. The topological polar surface area (TPSA) is 70.8 Å². The van der Waals surface area contributed by atoms with Crippen LogP contribution >= 0.6 is 0 Å². The Kier molecular flexibility index (Phi) is 5.91. The molecule has 104 valence electrons. The molecule has 0 amide bonds. The van der Waals surface area contributed by atoms with E-state index in [1.54, 1.807) is 0 Å². The predicted octanol–water partition coefficient (Wildman–Crippen LogP) is 3.27. The van der Waals surface area contributed by atoms with Crippen LogP contribution < -0.4 is 10.1 Å². The van der Waals surface area contributed by atoms with Crippen LogP contribution in [-0.4, -0.2) is 17.1 Å². The number of anilines is 2. The van der Waals surface area contributed by atoms with Gasteiger partial charge in [-0.1, -0.05) is 13.8 Å². The zero-order valence-corrected chi connectivity index (χ0v) is 11.5. The van der Waals surface area contributed by atoms with Crippen LogP contribution in [0, 0.1) is 17.1 Å². The van der Waals surface area contributed by atoms with Crippen molar-refractivity contribution in [2.75, 3.05) is 12.4 Å². The highest BCUT2D eigenvalue weighted by molar-refractivity contribution is 5.58. The van der Waals surface area contributed by atoms with E-state index < -0.39 is 5.82 Å². The molecule has 1 aromatic heterocycles. The van der Waals surface area contributed by atoms with Gasteiger partial charge in [0.25, 0.3) is 0 Å². The standard InChI is InChI=1S/C12H9FN4O.C2H6/c1-18-12-5-11(15-7-16-12)17-10-3-2-8(6-14)4-9(10)13;1-2/h2-5,7H,1H3,(H,15,16,17);1-2H3. The van der Waals surface area contributed by atoms with Gasteiger partial charge in [0.15, 0.2) is 0 Å². The number of benzene rings is 1. The van der Waals surface area contributed by atoms with Crippen LogP contribution in [0.25, 0.3) is 0 Å². The first kappa shape index (κ1) is 15.4. The minimum absolute atomic E-state index is 0.231. The molecule has 0 aliphatic heterocycles. The second-order valence-corrected chi connectivity index (χ2v) is 3.38. The Morgan fingerprint density at radius 2 is 2.00 bits per heavy atom. The van der Waals surface area contributed by atoms with Crippen molar-refractivity contribution in [1.29, 1.82) is 5.26 Å². The number of rotatable bonds is 3. The molecule has 0 fully saturated rings. The van der Waals surface area contributed by atoms with Crippen molar-refractivity contribution in [2.24, 2.45) is 0 Å². The summed E-state index contributed by atoms with van der Waals surface area (Å²) in [6.45, 7) is 4.00. The Hall–Kier alpha value is -2.68. The highest BCUT2D eigenvalue weighted by atomic mass is 19.1. The second kappa shape index (κ2) is 7.69. The Bertz CT molecular complexity index is 610. The molecule has 0 bridgehead atoms. The molecule has 2 aromatic rings. The van der Waals surface area contributed by atoms with E-state index in [1.165, 1.54) is 31.6 Å². The van der Waals surface area contributed by atoms with Crippen LogP contribution in [0.3, 0.4) is 0 Å². The van der Waals surface area contributed by atoms with Gasteiger partial charge in [-0.3, -0.25) is 0 Å². The quantitative estimate of drug-likeness (QED) is 0.930. The van der Waals surface area contributed by atoms with E-state index in [0.717, 1.165) is 6.07 Å². The molecule has 6 heteroatoms. The van der Waals surface area contributed by atoms with Crippen molar-refractivity contribution in [3.05, 3.63) is 42.0 Å². The molecule has 2 rings (SSSR count). The minimum atomic E-state index is -0.522. The van der Waals surface area contributed by atoms with E-state index in [2.05, 4.69) is 15.3 Å². The van der Waals surface area contributed by atoms with Gasteiger partial charge >= 0.3 is 0 Å². The third-order valence-corrected chi connectivity index (χ3v) is 2.21. The first-order valence-corrected chi connectivity index (χ1v) is 6.05. The highest BCUT2D eigenvalue weighted by Gasteiger charge is 2.05. The maximum absolute atomic E-state index is 13.6. The number of methoxy groups -OCH3 is 1. The summed E-state index contributed by atoms with van der Waals surface area (Å²) in [5.74, 6) is 0.263. The van der Waals surface area contributed by atoms with Crippen LogP contribution in [0.4, 0.5) is 15.9 Å². The molecular weight excluding hydrogens is 259 g/mol. The normalized spacial score (nSPS) is 8.95. The molecule has 0 radical (unpaired) electrons. The van der Waals surface area contributed by atoms with Crippen molar-refractivity contribution in [2.45, 2.75) is 13.8 Å². The first-order valence-electron chi connectivity index (χ1n) is 6.05. The van der Waals surface area contributed by atoms with Crippen LogP contribution in [0.15, 0.2) is 30.6 Å². The number of hydrogen-bond donors (Lipinski definition) is 1. The zero-order valence-electron chi connectivity index (χ0n) is 11.5. The predicted molar refractivity (Wildman–Crippen MR) is 74.3 cm³/mol. The van der Waals surface area contributed by atoms with Gasteiger partial charge in [0.05, 0.1) is 24.4 Å². The number of nitrogens with one attached hydrogen (secondary N) is 1. The summed E-state index contributed by atoms with van der Waals surface area (Å²) in [6.07, 6.45) is 1.31. The van der Waals surface area contributed by atoms with E-state index in [1.807, 2.05) is 19.9 Å². The Labute approximate surface area is 117 Å². The van der Waals surface area contributed by atoms with Crippen molar-refractivity contribution in [3.8, 4) is 11.9 Å². The van der Waals surface area contributed by atoms with Gasteiger partial charge in [0.1, 0.15) is 18.0 Å². The van der Waals surface area contributed by atoms with E-state index in [0.29, 0.717) is 11.7 Å². The van der Waals surface area contributed by atoms with Gasteiger partial charge in [-0.25, -0.2) is 14.4 Å². The number of nitrogens with zero attached hydrogens (tertiary/aromatic N) is 3. The molecule has 0 aliphatic rings. The zero-order chi connectivity index (χ0) is 15.0. The lowest BCUT2D eigenvalue weighted by molar-refractivity contribution is 0.397. The molecule has 1 aromatic carbocycles. The largest absolute Gasteiger partial charge is 0.481 e. The van der Waals surface area contributed by atoms with Gasteiger partial charge in [0, 0.05) is 6.07 Å². The Morgan fingerprint density at radius 3 is 2.60 bits per heavy atom. The summed E-state index contributed by atoms with van der Waals surface area (Å²) in [4.78, 5) is 7.77. The number of halogens is 1. The van der Waals surface area contributed by atoms with Crippen molar-refractivity contribution in [3.63, 3.8) is 0 Å². The molecule has 20 heavy (non-hydrogen) atoms. The second-order valence-electron chi connectivity index (χ2n) is 3.38. The lowest BCUT2D eigenvalue weighted by Crippen LogP contribution is -1.98. The average Bonchev–Trinajstić information content (AvgIpc) is 2.51. The van der Waals surface area contributed by atoms with Gasteiger partial charge in [0.2, 0.25) is 5.88 Å². The van der Waals surface area contributed by atoms with Crippen LogP contribution in [0.5, 0.6) is 5.88 Å². The highest BCUT2D eigenvalue weighted by Crippen LogP contribution is 2.20. The summed E-state index contributed by atoms with van der Waals surface area (Å²) < 4.78 is 18.5. The summed E-state index contributed by atoms with van der Waals surface area (Å²) in [5, 5.41) is 11.4. The third-order valence-electron chi connectivity index (χ3n) is 2.21. The van der Waals surface area contributed by atoms with Crippen LogP contribution in [0.1, 0.15) is 19.4 Å². The Morgan fingerprint density at radius 1 is 1.25 bits per heavy atom. The fourth-order valence-electron chi connectivity index (χ4n) is 1.34. The summed E-state index contributed by atoms with van der Waals surface area (Å²) in [5.41, 5.74) is 0.494. The Balaban J connectivity index is 0.000000956. The van der Waals surface area contributed by atoms with E-state index >= 15 is 0 Å². The molecule has 0 atom stereocenters. The van der Waals surface area contributed by atoms with Gasteiger partial charge in [-0.05, 0) is 18.2 Å². The SMILES string of the molecule is CC.COc1cc(Nc2ccc(C#N)cc2F)ncn1. The fourth-order valence-corrected chi connectivity index (χ4v) is 1.34. The lowest BCUT2D eigenvalue weighted by atomic mass is 10.2.